The van der Waals surface area contributed by atoms with Crippen molar-refractivity contribution in [3.63, 3.8) is 0 Å². The number of para-hydroxylation sites is 1. The predicted molar refractivity (Wildman–Crippen MR) is 72.4 cm³/mol. The summed E-state index contributed by atoms with van der Waals surface area (Å²) in [5.41, 5.74) is 7.98. The summed E-state index contributed by atoms with van der Waals surface area (Å²) in [4.78, 5) is 6.66. The predicted octanol–water partition coefficient (Wildman–Crippen LogP) is 1.29. The molecule has 0 aromatic heterocycles. The molecule has 4 nitrogen and oxygen atoms in total. The first-order chi connectivity index (χ1) is 8.31. The van der Waals surface area contributed by atoms with Crippen LogP contribution >= 0.6 is 0 Å². The molecule has 0 fully saturated rings. The van der Waals surface area contributed by atoms with Crippen LogP contribution in [0.4, 0.5) is 5.69 Å². The van der Waals surface area contributed by atoms with Gasteiger partial charge in [0.15, 0.2) is 5.96 Å². The minimum absolute atomic E-state index is 0.668. The zero-order valence-corrected chi connectivity index (χ0v) is 10.3. The van der Waals surface area contributed by atoms with Gasteiger partial charge in [-0.05, 0) is 31.0 Å². The summed E-state index contributed by atoms with van der Waals surface area (Å²) in [5, 5.41) is 3.40. The fraction of sp³-hybridized carbons (Fsp3) is 0.462. The molecule has 0 saturated heterocycles. The lowest BCUT2D eigenvalue weighted by Crippen LogP contribution is -2.37. The minimum atomic E-state index is 0.668. The van der Waals surface area contributed by atoms with Gasteiger partial charge in [-0.1, -0.05) is 18.2 Å². The molecule has 0 saturated carbocycles. The van der Waals surface area contributed by atoms with E-state index in [0.29, 0.717) is 6.54 Å². The Hall–Kier alpha value is -1.55. The monoisotopic (exact) mass is 232 g/mol. The first kappa shape index (κ1) is 11.9. The minimum Gasteiger partial charge on any atom is -0.346 e. The average molecular weight is 232 g/mol. The van der Waals surface area contributed by atoms with Gasteiger partial charge in [0.05, 0.1) is 0 Å². The number of guanidine groups is 1. The van der Waals surface area contributed by atoms with E-state index < -0.39 is 0 Å². The molecule has 1 aliphatic rings. The van der Waals surface area contributed by atoms with Crippen LogP contribution in [0, 0.1) is 0 Å². The van der Waals surface area contributed by atoms with E-state index in [-0.39, 0.29) is 0 Å². The topological polar surface area (TPSA) is 53.6 Å². The van der Waals surface area contributed by atoms with Crippen molar-refractivity contribution >= 4 is 11.6 Å². The van der Waals surface area contributed by atoms with Crippen LogP contribution in [0.25, 0.3) is 0 Å². The van der Waals surface area contributed by atoms with Gasteiger partial charge in [0.2, 0.25) is 0 Å². The highest BCUT2D eigenvalue weighted by Gasteiger charge is 2.12. The summed E-state index contributed by atoms with van der Waals surface area (Å²) in [6.07, 6.45) is 2.02. The van der Waals surface area contributed by atoms with Crippen LogP contribution in [0.3, 0.4) is 0 Å². The quantitative estimate of drug-likeness (QED) is 0.825. The number of anilines is 1. The molecule has 1 heterocycles. The van der Waals surface area contributed by atoms with E-state index in [2.05, 4.69) is 34.4 Å². The maximum atomic E-state index is 5.62. The zero-order valence-electron chi connectivity index (χ0n) is 10.3. The molecule has 0 bridgehead atoms. The third kappa shape index (κ3) is 2.97. The molecule has 0 radical (unpaired) electrons. The Labute approximate surface area is 103 Å². The van der Waals surface area contributed by atoms with Crippen LogP contribution in [-0.2, 0) is 6.42 Å². The summed E-state index contributed by atoms with van der Waals surface area (Å²) >= 11 is 0. The molecule has 0 spiro atoms. The van der Waals surface area contributed by atoms with Crippen molar-refractivity contribution in [2.45, 2.75) is 12.8 Å². The highest BCUT2D eigenvalue weighted by molar-refractivity contribution is 5.94. The third-order valence-corrected chi connectivity index (χ3v) is 2.95. The lowest BCUT2D eigenvalue weighted by Gasteiger charge is -2.26. The molecule has 4 heteroatoms. The van der Waals surface area contributed by atoms with Crippen molar-refractivity contribution in [2.75, 3.05) is 32.0 Å². The standard InChI is InChI=1S/C13H20N4/c1-17-10-4-9-15-13(17)16-12-6-3-2-5-11(12)7-8-14/h2-3,5-6H,4,7-10,14H2,1H3,(H,15,16). The van der Waals surface area contributed by atoms with Crippen LogP contribution in [-0.4, -0.2) is 37.5 Å². The van der Waals surface area contributed by atoms with Crippen molar-refractivity contribution in [3.8, 4) is 0 Å². The molecule has 17 heavy (non-hydrogen) atoms. The van der Waals surface area contributed by atoms with Crippen LogP contribution in [0.5, 0.6) is 0 Å². The number of benzene rings is 1. The fourth-order valence-corrected chi connectivity index (χ4v) is 1.99. The van der Waals surface area contributed by atoms with Crippen LogP contribution in [0.2, 0.25) is 0 Å². The summed E-state index contributed by atoms with van der Waals surface area (Å²) in [6, 6.07) is 8.27. The van der Waals surface area contributed by atoms with Crippen molar-refractivity contribution in [1.82, 2.24) is 4.90 Å². The lowest BCUT2D eigenvalue weighted by atomic mass is 10.1. The van der Waals surface area contributed by atoms with E-state index in [4.69, 9.17) is 5.73 Å². The molecule has 2 rings (SSSR count). The van der Waals surface area contributed by atoms with E-state index in [9.17, 15) is 0 Å². The van der Waals surface area contributed by atoms with Gasteiger partial charge in [-0.25, -0.2) is 0 Å². The van der Waals surface area contributed by atoms with Gasteiger partial charge in [0, 0.05) is 25.8 Å². The van der Waals surface area contributed by atoms with E-state index in [1.807, 2.05) is 12.1 Å². The molecule has 1 aromatic carbocycles. The van der Waals surface area contributed by atoms with E-state index >= 15 is 0 Å². The van der Waals surface area contributed by atoms with Crippen molar-refractivity contribution in [3.05, 3.63) is 29.8 Å². The van der Waals surface area contributed by atoms with Gasteiger partial charge in [-0.15, -0.1) is 0 Å². The normalized spacial score (nSPS) is 15.6. The first-order valence-corrected chi connectivity index (χ1v) is 6.12. The first-order valence-electron chi connectivity index (χ1n) is 6.12. The van der Waals surface area contributed by atoms with Crippen LogP contribution in [0.1, 0.15) is 12.0 Å². The second-order valence-corrected chi connectivity index (χ2v) is 4.30. The Balaban J connectivity index is 2.14. The van der Waals surface area contributed by atoms with E-state index in [0.717, 1.165) is 37.6 Å². The third-order valence-electron chi connectivity index (χ3n) is 2.95. The average Bonchev–Trinajstić information content (AvgIpc) is 2.35. The summed E-state index contributed by atoms with van der Waals surface area (Å²) < 4.78 is 0. The highest BCUT2D eigenvalue weighted by Crippen LogP contribution is 2.16. The lowest BCUT2D eigenvalue weighted by molar-refractivity contribution is 0.466. The van der Waals surface area contributed by atoms with Crippen molar-refractivity contribution in [2.24, 2.45) is 10.7 Å². The van der Waals surface area contributed by atoms with Gasteiger partial charge in [-0.2, -0.15) is 0 Å². The summed E-state index contributed by atoms with van der Waals surface area (Å²) in [5.74, 6) is 0.959. The van der Waals surface area contributed by atoms with Gasteiger partial charge < -0.3 is 16.0 Å². The smallest absolute Gasteiger partial charge is 0.198 e. The Kier molecular flexibility index (Phi) is 3.98. The summed E-state index contributed by atoms with van der Waals surface area (Å²) in [6.45, 7) is 2.64. The van der Waals surface area contributed by atoms with E-state index in [1.165, 1.54) is 5.56 Å². The molecule has 0 atom stereocenters. The number of aliphatic imine (C=N–C) groups is 1. The second-order valence-electron chi connectivity index (χ2n) is 4.30. The zero-order chi connectivity index (χ0) is 12.1. The number of nitrogens with one attached hydrogen (secondary N) is 1. The van der Waals surface area contributed by atoms with E-state index in [1.54, 1.807) is 0 Å². The molecular formula is C13H20N4. The molecule has 0 aliphatic carbocycles. The molecule has 0 unspecified atom stereocenters. The fourth-order valence-electron chi connectivity index (χ4n) is 1.99. The van der Waals surface area contributed by atoms with Gasteiger partial charge >= 0.3 is 0 Å². The largest absolute Gasteiger partial charge is 0.346 e. The Bertz CT molecular complexity index is 400. The highest BCUT2D eigenvalue weighted by atomic mass is 15.3. The SMILES string of the molecule is CN1CCCN=C1Nc1ccccc1CCN. The number of hydrogen-bond acceptors (Lipinski definition) is 4. The molecular weight excluding hydrogens is 212 g/mol. The number of hydrogen-bond donors (Lipinski definition) is 2. The number of nitrogens with two attached hydrogens (primary N) is 1. The second kappa shape index (κ2) is 5.68. The van der Waals surface area contributed by atoms with Crippen LogP contribution in [0.15, 0.2) is 29.3 Å². The molecule has 3 N–H and O–H groups in total. The maximum absolute atomic E-state index is 5.62. The molecule has 92 valence electrons. The summed E-state index contributed by atoms with van der Waals surface area (Å²) in [7, 11) is 2.07. The van der Waals surface area contributed by atoms with Crippen molar-refractivity contribution in [1.29, 1.82) is 0 Å². The Morgan fingerprint density at radius 3 is 3.00 bits per heavy atom. The van der Waals surface area contributed by atoms with Crippen molar-refractivity contribution < 1.29 is 0 Å². The molecule has 0 amide bonds. The van der Waals surface area contributed by atoms with Gasteiger partial charge in [-0.3, -0.25) is 4.99 Å². The number of nitrogens with zero attached hydrogens (tertiary/aromatic N) is 2. The Morgan fingerprint density at radius 1 is 1.41 bits per heavy atom. The molecule has 1 aromatic rings. The molecule has 1 aliphatic heterocycles. The van der Waals surface area contributed by atoms with Gasteiger partial charge in [0.25, 0.3) is 0 Å². The van der Waals surface area contributed by atoms with Gasteiger partial charge in [0.1, 0.15) is 0 Å². The maximum Gasteiger partial charge on any atom is 0.198 e. The number of rotatable bonds is 3. The van der Waals surface area contributed by atoms with Crippen LogP contribution < -0.4 is 11.1 Å². The Morgan fingerprint density at radius 2 is 2.24 bits per heavy atom.